The van der Waals surface area contributed by atoms with Gasteiger partial charge in [-0.2, -0.15) is 0 Å². The van der Waals surface area contributed by atoms with Gasteiger partial charge in [0.2, 0.25) is 11.8 Å². The number of fused-ring (bicyclic) bond motifs is 1. The van der Waals surface area contributed by atoms with Crippen LogP contribution in [0.4, 0.5) is 5.88 Å². The number of aryl methyl sites for hydroxylation is 1. The zero-order valence-electron chi connectivity index (χ0n) is 13.1. The second-order valence-corrected chi connectivity index (χ2v) is 6.03. The number of primary amides is 1. The number of benzene rings is 1. The van der Waals surface area contributed by atoms with E-state index in [0.29, 0.717) is 5.56 Å². The molecule has 1 aromatic carbocycles. The van der Waals surface area contributed by atoms with E-state index in [2.05, 4.69) is 17.0 Å². The number of aromatic nitrogens is 1. The molecule has 0 spiro atoms. The minimum atomic E-state index is -0.415. The maximum absolute atomic E-state index is 11.5. The Kier molecular flexibility index (Phi) is 4.32. The summed E-state index contributed by atoms with van der Waals surface area (Å²) < 4.78 is 5.63. The molecule has 3 rings (SSSR count). The number of anilines is 1. The molecule has 1 amide bonds. The van der Waals surface area contributed by atoms with Gasteiger partial charge in [-0.15, -0.1) is 0 Å². The molecule has 118 valence electrons. The normalized spacial score (nSPS) is 15.4. The maximum Gasteiger partial charge on any atom is 0.248 e. The van der Waals surface area contributed by atoms with E-state index in [1.54, 1.807) is 6.07 Å². The summed E-state index contributed by atoms with van der Waals surface area (Å²) in [5.41, 5.74) is 7.81. The number of hydrogen-bond acceptors (Lipinski definition) is 4. The number of amides is 1. The lowest BCUT2D eigenvalue weighted by Crippen LogP contribution is -2.29. The molecular weight excluding hydrogens is 278 g/mol. The molecule has 1 aromatic heterocycles. The van der Waals surface area contributed by atoms with Gasteiger partial charge in [0.05, 0.1) is 5.39 Å². The van der Waals surface area contributed by atoms with Crippen LogP contribution in [0.2, 0.25) is 0 Å². The molecule has 0 atom stereocenters. The summed E-state index contributed by atoms with van der Waals surface area (Å²) in [5.74, 6) is 0.444. The Hall–Kier alpha value is -2.04. The molecule has 0 bridgehead atoms. The van der Waals surface area contributed by atoms with Crippen LogP contribution in [0.15, 0.2) is 16.7 Å². The molecule has 1 aliphatic heterocycles. The fourth-order valence-corrected chi connectivity index (χ4v) is 3.16. The Morgan fingerprint density at radius 1 is 1.32 bits per heavy atom. The average Bonchev–Trinajstić information content (AvgIpc) is 2.97. The predicted molar refractivity (Wildman–Crippen MR) is 87.2 cm³/mol. The van der Waals surface area contributed by atoms with Crippen molar-refractivity contribution in [3.8, 4) is 0 Å². The first-order chi connectivity index (χ1) is 10.7. The number of rotatable bonds is 5. The van der Waals surface area contributed by atoms with E-state index in [1.165, 1.54) is 19.3 Å². The molecule has 2 N–H and O–H groups in total. The highest BCUT2D eigenvalue weighted by Crippen LogP contribution is 2.33. The van der Waals surface area contributed by atoms with Gasteiger partial charge in [0.15, 0.2) is 0 Å². The minimum absolute atomic E-state index is 0.415. The fraction of sp³-hybridized carbons (Fsp3) is 0.529. The summed E-state index contributed by atoms with van der Waals surface area (Å²) in [6.07, 6.45) is 6.74. The van der Waals surface area contributed by atoms with Gasteiger partial charge in [-0.25, -0.2) is 0 Å². The highest BCUT2D eigenvalue weighted by atomic mass is 16.5. The number of nitrogens with zero attached hydrogens (tertiary/aromatic N) is 2. The van der Waals surface area contributed by atoms with Crippen molar-refractivity contribution >= 4 is 22.7 Å². The van der Waals surface area contributed by atoms with Crippen LogP contribution in [0.25, 0.3) is 10.9 Å². The monoisotopic (exact) mass is 301 g/mol. The van der Waals surface area contributed by atoms with E-state index in [-0.39, 0.29) is 0 Å². The number of unbranched alkanes of at least 4 members (excludes halogenated alkanes) is 1. The van der Waals surface area contributed by atoms with Crippen LogP contribution in [0.5, 0.6) is 0 Å². The van der Waals surface area contributed by atoms with Crippen LogP contribution < -0.4 is 10.6 Å². The third-order valence-electron chi connectivity index (χ3n) is 4.37. The van der Waals surface area contributed by atoms with Crippen LogP contribution in [0, 0.1) is 0 Å². The SMILES string of the molecule is CCCCc1cc(C(N)=O)cc2noc(N3CCCCC3)c12. The molecule has 1 aliphatic rings. The first kappa shape index (κ1) is 14.9. The molecule has 1 saturated heterocycles. The summed E-state index contributed by atoms with van der Waals surface area (Å²) in [6.45, 7) is 4.18. The topological polar surface area (TPSA) is 72.4 Å². The van der Waals surface area contributed by atoms with E-state index in [0.717, 1.165) is 54.7 Å². The number of piperidine rings is 1. The van der Waals surface area contributed by atoms with Gasteiger partial charge in [0.1, 0.15) is 5.52 Å². The highest BCUT2D eigenvalue weighted by molar-refractivity contribution is 6.00. The third-order valence-corrected chi connectivity index (χ3v) is 4.37. The molecule has 5 nitrogen and oxygen atoms in total. The Morgan fingerprint density at radius 2 is 2.09 bits per heavy atom. The van der Waals surface area contributed by atoms with E-state index >= 15 is 0 Å². The van der Waals surface area contributed by atoms with E-state index < -0.39 is 5.91 Å². The van der Waals surface area contributed by atoms with Crippen molar-refractivity contribution < 1.29 is 9.32 Å². The second kappa shape index (κ2) is 6.38. The first-order valence-corrected chi connectivity index (χ1v) is 8.17. The van der Waals surface area contributed by atoms with Crippen molar-refractivity contribution in [2.45, 2.75) is 45.4 Å². The lowest BCUT2D eigenvalue weighted by molar-refractivity contribution is 0.100. The summed E-state index contributed by atoms with van der Waals surface area (Å²) >= 11 is 0. The molecule has 0 unspecified atom stereocenters. The summed E-state index contributed by atoms with van der Waals surface area (Å²) in [7, 11) is 0. The Bertz CT molecular complexity index is 672. The van der Waals surface area contributed by atoms with Crippen molar-refractivity contribution in [3.05, 3.63) is 23.3 Å². The third kappa shape index (κ3) is 2.80. The van der Waals surface area contributed by atoms with Gasteiger partial charge < -0.3 is 15.2 Å². The highest BCUT2D eigenvalue weighted by Gasteiger charge is 2.21. The molecule has 0 saturated carbocycles. The fourth-order valence-electron chi connectivity index (χ4n) is 3.16. The predicted octanol–water partition coefficient (Wildman–Crippen LogP) is 3.26. The van der Waals surface area contributed by atoms with Gasteiger partial charge in [-0.1, -0.05) is 18.5 Å². The number of hydrogen-bond donors (Lipinski definition) is 1. The van der Waals surface area contributed by atoms with Gasteiger partial charge in [-0.05, 0) is 49.8 Å². The largest absolute Gasteiger partial charge is 0.366 e. The molecule has 1 fully saturated rings. The quantitative estimate of drug-likeness (QED) is 0.920. The van der Waals surface area contributed by atoms with Crippen molar-refractivity contribution in [2.24, 2.45) is 5.73 Å². The second-order valence-electron chi connectivity index (χ2n) is 6.03. The van der Waals surface area contributed by atoms with Gasteiger partial charge >= 0.3 is 0 Å². The van der Waals surface area contributed by atoms with E-state index in [1.807, 2.05) is 6.07 Å². The van der Waals surface area contributed by atoms with Crippen LogP contribution in [0.1, 0.15) is 54.9 Å². The van der Waals surface area contributed by atoms with E-state index in [4.69, 9.17) is 10.3 Å². The zero-order chi connectivity index (χ0) is 15.5. The number of carbonyl (C=O) groups excluding carboxylic acids is 1. The summed E-state index contributed by atoms with van der Waals surface area (Å²) in [4.78, 5) is 13.8. The molecule has 5 heteroatoms. The van der Waals surface area contributed by atoms with Crippen molar-refractivity contribution in [1.82, 2.24) is 5.16 Å². The van der Waals surface area contributed by atoms with Gasteiger partial charge in [0, 0.05) is 18.7 Å². The standard InChI is InChI=1S/C17H23N3O2/c1-2-3-7-12-10-13(16(18)21)11-14-15(12)17(22-19-14)20-8-5-4-6-9-20/h10-11H,2-9H2,1H3,(H2,18,21). The lowest BCUT2D eigenvalue weighted by Gasteiger charge is -2.26. The zero-order valence-corrected chi connectivity index (χ0v) is 13.1. The summed E-state index contributed by atoms with van der Waals surface area (Å²) in [5, 5.41) is 5.24. The molecular formula is C17H23N3O2. The van der Waals surface area contributed by atoms with E-state index in [9.17, 15) is 4.79 Å². The molecule has 0 aliphatic carbocycles. The number of nitrogens with two attached hydrogens (primary N) is 1. The Morgan fingerprint density at radius 3 is 2.77 bits per heavy atom. The van der Waals surface area contributed by atoms with Crippen LogP contribution in [-0.4, -0.2) is 24.2 Å². The Balaban J connectivity index is 2.08. The smallest absolute Gasteiger partial charge is 0.248 e. The van der Waals surface area contributed by atoms with Crippen LogP contribution >= 0.6 is 0 Å². The van der Waals surface area contributed by atoms with Crippen LogP contribution in [0.3, 0.4) is 0 Å². The lowest BCUT2D eigenvalue weighted by atomic mass is 9.99. The van der Waals surface area contributed by atoms with Crippen LogP contribution in [-0.2, 0) is 6.42 Å². The number of carbonyl (C=O) groups is 1. The Labute approximate surface area is 130 Å². The maximum atomic E-state index is 11.5. The molecule has 2 heterocycles. The molecule has 2 aromatic rings. The van der Waals surface area contributed by atoms with Gasteiger partial charge in [0.25, 0.3) is 0 Å². The molecule has 22 heavy (non-hydrogen) atoms. The summed E-state index contributed by atoms with van der Waals surface area (Å²) in [6, 6.07) is 3.65. The van der Waals surface area contributed by atoms with Gasteiger partial charge in [-0.3, -0.25) is 4.79 Å². The van der Waals surface area contributed by atoms with Crippen molar-refractivity contribution in [1.29, 1.82) is 0 Å². The first-order valence-electron chi connectivity index (χ1n) is 8.17. The average molecular weight is 301 g/mol. The van der Waals surface area contributed by atoms with Crippen molar-refractivity contribution in [3.63, 3.8) is 0 Å². The minimum Gasteiger partial charge on any atom is -0.366 e. The van der Waals surface area contributed by atoms with Crippen molar-refractivity contribution in [2.75, 3.05) is 18.0 Å². The molecule has 0 radical (unpaired) electrons.